The molecule has 174 valence electrons. The standard InChI is InChI=1S/C25H29N3O4S/c1-18-7-9-20(10-8-18)26-24(29)17-33(31,32)23-15-28(22-6-4-3-5-21(22)23)16-25(30)27-13-11-19(2)12-14-27/h3-10,15,19H,11-14,16-17H2,1-2H3,(H,26,29). The number of para-hydroxylation sites is 1. The molecule has 0 aliphatic carbocycles. The van der Waals surface area contributed by atoms with Gasteiger partial charge >= 0.3 is 0 Å². The van der Waals surface area contributed by atoms with Crippen molar-refractivity contribution in [3.63, 3.8) is 0 Å². The Bertz CT molecular complexity index is 1270. The van der Waals surface area contributed by atoms with Crippen molar-refractivity contribution in [2.24, 2.45) is 5.92 Å². The number of carbonyl (C=O) groups excluding carboxylic acids is 2. The summed E-state index contributed by atoms with van der Waals surface area (Å²) in [4.78, 5) is 27.3. The lowest BCUT2D eigenvalue weighted by Crippen LogP contribution is -2.39. The molecule has 1 N–H and O–H groups in total. The van der Waals surface area contributed by atoms with E-state index in [-0.39, 0.29) is 17.3 Å². The van der Waals surface area contributed by atoms with Crippen molar-refractivity contribution in [3.05, 3.63) is 60.3 Å². The summed E-state index contributed by atoms with van der Waals surface area (Å²) in [7, 11) is -3.92. The minimum atomic E-state index is -3.92. The quantitative estimate of drug-likeness (QED) is 0.600. The molecule has 1 aromatic heterocycles. The van der Waals surface area contributed by atoms with Gasteiger partial charge in [-0.05, 0) is 43.9 Å². The third-order valence-electron chi connectivity index (χ3n) is 6.19. The van der Waals surface area contributed by atoms with E-state index in [4.69, 9.17) is 0 Å². The molecule has 2 amide bonds. The van der Waals surface area contributed by atoms with Crippen LogP contribution in [0.25, 0.3) is 10.9 Å². The second-order valence-corrected chi connectivity index (χ2v) is 10.8. The zero-order chi connectivity index (χ0) is 23.6. The zero-order valence-corrected chi connectivity index (χ0v) is 19.8. The number of carbonyl (C=O) groups is 2. The van der Waals surface area contributed by atoms with Crippen LogP contribution in [0.15, 0.2) is 59.6 Å². The number of nitrogens with zero attached hydrogens (tertiary/aromatic N) is 2. The van der Waals surface area contributed by atoms with Gasteiger partial charge in [-0.15, -0.1) is 0 Å². The van der Waals surface area contributed by atoms with E-state index in [1.165, 1.54) is 6.20 Å². The first-order chi connectivity index (χ1) is 15.7. The summed E-state index contributed by atoms with van der Waals surface area (Å²) in [6.45, 7) is 5.64. The SMILES string of the molecule is Cc1ccc(NC(=O)CS(=O)(=O)c2cn(CC(=O)N3CCC(C)CC3)c3ccccc23)cc1. The number of benzene rings is 2. The average molecular weight is 468 g/mol. The predicted molar refractivity (Wildman–Crippen MR) is 129 cm³/mol. The smallest absolute Gasteiger partial charge is 0.242 e. The summed E-state index contributed by atoms with van der Waals surface area (Å²) in [6.07, 6.45) is 3.45. The predicted octanol–water partition coefficient (Wildman–Crippen LogP) is 3.62. The first-order valence-corrected chi connectivity index (χ1v) is 12.8. The minimum absolute atomic E-state index is 0.0243. The summed E-state index contributed by atoms with van der Waals surface area (Å²) in [5, 5.41) is 3.16. The van der Waals surface area contributed by atoms with Crippen molar-refractivity contribution in [1.82, 2.24) is 9.47 Å². The highest BCUT2D eigenvalue weighted by Crippen LogP contribution is 2.27. The van der Waals surface area contributed by atoms with Crippen LogP contribution in [0.4, 0.5) is 5.69 Å². The number of likely N-dealkylation sites (tertiary alicyclic amines) is 1. The van der Waals surface area contributed by atoms with Crippen LogP contribution >= 0.6 is 0 Å². The summed E-state index contributed by atoms with van der Waals surface area (Å²) in [5.74, 6) is -0.686. The number of hydrogen-bond acceptors (Lipinski definition) is 4. The molecule has 1 saturated heterocycles. The van der Waals surface area contributed by atoms with E-state index in [2.05, 4.69) is 12.2 Å². The lowest BCUT2D eigenvalue weighted by Gasteiger charge is -2.30. The van der Waals surface area contributed by atoms with Gasteiger partial charge in [0.05, 0.1) is 4.90 Å². The van der Waals surface area contributed by atoms with Crippen LogP contribution in [-0.2, 0) is 26.0 Å². The third-order valence-corrected chi connectivity index (χ3v) is 7.82. The summed E-state index contributed by atoms with van der Waals surface area (Å²) in [5.41, 5.74) is 2.25. The number of aryl methyl sites for hydroxylation is 1. The minimum Gasteiger partial charge on any atom is -0.341 e. The molecule has 1 aliphatic heterocycles. The highest BCUT2D eigenvalue weighted by Gasteiger charge is 2.26. The molecule has 0 spiro atoms. The van der Waals surface area contributed by atoms with Crippen LogP contribution in [-0.4, -0.2) is 48.5 Å². The Balaban J connectivity index is 1.55. The van der Waals surface area contributed by atoms with Gasteiger partial charge in [0.1, 0.15) is 12.3 Å². The molecule has 1 aliphatic rings. The van der Waals surface area contributed by atoms with Crippen LogP contribution in [0.2, 0.25) is 0 Å². The van der Waals surface area contributed by atoms with Crippen molar-refractivity contribution < 1.29 is 18.0 Å². The van der Waals surface area contributed by atoms with E-state index < -0.39 is 21.5 Å². The lowest BCUT2D eigenvalue weighted by molar-refractivity contribution is -0.133. The van der Waals surface area contributed by atoms with Gasteiger partial charge in [-0.1, -0.05) is 42.8 Å². The monoisotopic (exact) mass is 467 g/mol. The number of anilines is 1. The maximum atomic E-state index is 13.2. The molecular formula is C25H29N3O4S. The number of amides is 2. The fourth-order valence-corrected chi connectivity index (χ4v) is 5.55. The third kappa shape index (κ3) is 5.27. The lowest BCUT2D eigenvalue weighted by atomic mass is 9.99. The Morgan fingerprint density at radius 1 is 1.03 bits per heavy atom. The Morgan fingerprint density at radius 2 is 1.70 bits per heavy atom. The summed E-state index contributed by atoms with van der Waals surface area (Å²) >= 11 is 0. The number of hydrogen-bond donors (Lipinski definition) is 1. The highest BCUT2D eigenvalue weighted by atomic mass is 32.2. The fourth-order valence-electron chi connectivity index (χ4n) is 4.18. The molecule has 4 rings (SSSR count). The van der Waals surface area contributed by atoms with Crippen LogP contribution in [0, 0.1) is 12.8 Å². The van der Waals surface area contributed by atoms with Gasteiger partial charge in [0.2, 0.25) is 11.8 Å². The Hall–Kier alpha value is -3.13. The molecule has 0 unspecified atom stereocenters. The summed E-state index contributed by atoms with van der Waals surface area (Å²) in [6, 6.07) is 14.2. The number of aromatic nitrogens is 1. The number of sulfone groups is 1. The Kier molecular flexibility index (Phi) is 6.56. The van der Waals surface area contributed by atoms with Crippen LogP contribution in [0.1, 0.15) is 25.3 Å². The van der Waals surface area contributed by atoms with Crippen molar-refractivity contribution >= 4 is 38.2 Å². The Labute approximate surface area is 194 Å². The van der Waals surface area contributed by atoms with E-state index in [0.717, 1.165) is 31.5 Å². The van der Waals surface area contributed by atoms with Crippen molar-refractivity contribution in [2.75, 3.05) is 24.2 Å². The number of piperidine rings is 1. The Morgan fingerprint density at radius 3 is 2.39 bits per heavy atom. The maximum absolute atomic E-state index is 13.2. The van der Waals surface area contributed by atoms with Gasteiger partial charge in [-0.25, -0.2) is 8.42 Å². The fraction of sp³-hybridized carbons (Fsp3) is 0.360. The van der Waals surface area contributed by atoms with E-state index in [1.807, 2.05) is 30.0 Å². The van der Waals surface area contributed by atoms with Crippen LogP contribution in [0.3, 0.4) is 0 Å². The van der Waals surface area contributed by atoms with Gasteiger partial charge in [0.15, 0.2) is 9.84 Å². The van der Waals surface area contributed by atoms with E-state index in [9.17, 15) is 18.0 Å². The molecule has 2 aromatic carbocycles. The van der Waals surface area contributed by atoms with E-state index in [0.29, 0.717) is 22.5 Å². The van der Waals surface area contributed by atoms with Crippen LogP contribution < -0.4 is 5.32 Å². The molecule has 2 heterocycles. The van der Waals surface area contributed by atoms with Crippen molar-refractivity contribution in [2.45, 2.75) is 38.1 Å². The molecule has 3 aromatic rings. The summed E-state index contributed by atoms with van der Waals surface area (Å²) < 4.78 is 28.0. The molecular weight excluding hydrogens is 438 g/mol. The van der Waals surface area contributed by atoms with Gasteiger partial charge in [0.25, 0.3) is 0 Å². The van der Waals surface area contributed by atoms with Gasteiger partial charge < -0.3 is 14.8 Å². The molecule has 8 heteroatoms. The molecule has 0 saturated carbocycles. The molecule has 0 radical (unpaired) electrons. The topological polar surface area (TPSA) is 88.5 Å². The zero-order valence-electron chi connectivity index (χ0n) is 19.0. The molecule has 0 atom stereocenters. The van der Waals surface area contributed by atoms with Crippen molar-refractivity contribution in [3.8, 4) is 0 Å². The second-order valence-electron chi connectivity index (χ2n) is 8.87. The largest absolute Gasteiger partial charge is 0.341 e. The molecule has 0 bridgehead atoms. The van der Waals surface area contributed by atoms with Gasteiger partial charge in [-0.3, -0.25) is 9.59 Å². The molecule has 33 heavy (non-hydrogen) atoms. The van der Waals surface area contributed by atoms with Gasteiger partial charge in [-0.2, -0.15) is 0 Å². The number of nitrogens with one attached hydrogen (secondary N) is 1. The number of fused-ring (bicyclic) bond motifs is 1. The average Bonchev–Trinajstić information content (AvgIpc) is 3.15. The first-order valence-electron chi connectivity index (χ1n) is 11.2. The van der Waals surface area contributed by atoms with Gasteiger partial charge in [0, 0.05) is 35.9 Å². The highest BCUT2D eigenvalue weighted by molar-refractivity contribution is 7.92. The maximum Gasteiger partial charge on any atom is 0.242 e. The van der Waals surface area contributed by atoms with Crippen LogP contribution in [0.5, 0.6) is 0 Å². The normalized spacial score (nSPS) is 15.0. The molecule has 1 fully saturated rings. The van der Waals surface area contributed by atoms with E-state index >= 15 is 0 Å². The molecule has 7 nitrogen and oxygen atoms in total. The van der Waals surface area contributed by atoms with E-state index in [1.54, 1.807) is 34.9 Å². The van der Waals surface area contributed by atoms with Crippen molar-refractivity contribution in [1.29, 1.82) is 0 Å². The second kappa shape index (κ2) is 9.39. The number of rotatable bonds is 6. The first kappa shape index (κ1) is 23.0.